The molecule has 0 aliphatic rings. The van der Waals surface area contributed by atoms with Crippen LogP contribution in [0, 0.1) is 5.41 Å². The zero-order chi connectivity index (χ0) is 18.3. The third-order valence-electron chi connectivity index (χ3n) is 3.25. The Morgan fingerprint density at radius 3 is 1.72 bits per heavy atom. The molecule has 0 rings (SSSR count). The normalized spacial score (nSPS) is 11.8. The summed E-state index contributed by atoms with van der Waals surface area (Å²) in [4.78, 5) is 22.5. The van der Waals surface area contributed by atoms with Crippen LogP contribution in [0.1, 0.15) is 61.3 Å². The van der Waals surface area contributed by atoms with Crippen LogP contribution in [0.15, 0.2) is 0 Å². The van der Waals surface area contributed by atoms with Crippen molar-refractivity contribution < 1.29 is 41.0 Å². The van der Waals surface area contributed by atoms with Crippen molar-refractivity contribution in [3.63, 3.8) is 0 Å². The molecule has 0 aromatic carbocycles. The lowest BCUT2D eigenvalue weighted by Crippen LogP contribution is -2.38. The summed E-state index contributed by atoms with van der Waals surface area (Å²) >= 11 is 0. The van der Waals surface area contributed by atoms with Crippen LogP contribution in [-0.4, -0.2) is 37.3 Å². The molecule has 0 aromatic heterocycles. The van der Waals surface area contributed by atoms with Gasteiger partial charge in [0.1, 0.15) is 6.42 Å². The molecule has 0 aliphatic carbocycles. The summed E-state index contributed by atoms with van der Waals surface area (Å²) in [6.07, 6.45) is -6.75. The van der Waals surface area contributed by atoms with Crippen molar-refractivity contribution in [2.45, 2.75) is 73.4 Å². The minimum absolute atomic E-state index is 0. The first-order valence-corrected chi connectivity index (χ1v) is 7.11. The van der Waals surface area contributed by atoms with Crippen LogP contribution >= 0.6 is 0 Å². The van der Waals surface area contributed by atoms with Gasteiger partial charge in [0.15, 0.2) is 0 Å². The van der Waals surface area contributed by atoms with E-state index in [-0.39, 0.29) is 40.5 Å². The summed E-state index contributed by atoms with van der Waals surface area (Å²) in [5, 5.41) is 0. The molecule has 0 bridgehead atoms. The highest BCUT2D eigenvalue weighted by Crippen LogP contribution is 2.38. The number of carbonyl (C=O) groups is 2. The zero-order valence-corrected chi connectivity index (χ0v) is 13.3. The number of esters is 2. The SMILES string of the molecule is C.C.CCC(C)(C)C(=O)OCCCCOC(=O)CC(F)(F)C(F)(F)F. The Labute approximate surface area is 146 Å². The topological polar surface area (TPSA) is 52.6 Å². The molecular weight excluding hydrogens is 351 g/mol. The van der Waals surface area contributed by atoms with Gasteiger partial charge in [0.05, 0.1) is 18.6 Å². The average molecular weight is 380 g/mol. The van der Waals surface area contributed by atoms with E-state index in [1.165, 1.54) is 0 Å². The van der Waals surface area contributed by atoms with Gasteiger partial charge in [-0.1, -0.05) is 21.8 Å². The van der Waals surface area contributed by atoms with Gasteiger partial charge in [-0.05, 0) is 33.1 Å². The van der Waals surface area contributed by atoms with E-state index in [1.54, 1.807) is 13.8 Å². The second-order valence-corrected chi connectivity index (χ2v) is 5.68. The highest BCUT2D eigenvalue weighted by atomic mass is 19.4. The molecule has 0 spiro atoms. The van der Waals surface area contributed by atoms with Gasteiger partial charge in [-0.25, -0.2) is 0 Å². The molecule has 0 saturated carbocycles. The molecule has 0 aromatic rings. The molecule has 0 N–H and O–H groups in total. The van der Waals surface area contributed by atoms with Crippen molar-refractivity contribution in [2.24, 2.45) is 5.41 Å². The minimum Gasteiger partial charge on any atom is -0.466 e. The fourth-order valence-electron chi connectivity index (χ4n) is 1.23. The van der Waals surface area contributed by atoms with Crippen LogP contribution in [-0.2, 0) is 19.1 Å². The molecule has 9 heteroatoms. The van der Waals surface area contributed by atoms with Crippen molar-refractivity contribution in [3.8, 4) is 0 Å². The van der Waals surface area contributed by atoms with E-state index >= 15 is 0 Å². The van der Waals surface area contributed by atoms with Gasteiger partial charge in [0.25, 0.3) is 0 Å². The fraction of sp³-hybridized carbons (Fsp3) is 0.875. The van der Waals surface area contributed by atoms with E-state index in [2.05, 4.69) is 4.74 Å². The Morgan fingerprint density at radius 1 is 0.880 bits per heavy atom. The first-order valence-electron chi connectivity index (χ1n) is 7.11. The maximum atomic E-state index is 12.6. The van der Waals surface area contributed by atoms with Crippen LogP contribution in [0.4, 0.5) is 22.0 Å². The molecule has 0 atom stereocenters. The van der Waals surface area contributed by atoms with Crippen molar-refractivity contribution in [2.75, 3.05) is 13.2 Å². The zero-order valence-electron chi connectivity index (χ0n) is 13.3. The molecule has 4 nitrogen and oxygen atoms in total. The Balaban J connectivity index is -0.00000242. The van der Waals surface area contributed by atoms with E-state index in [0.717, 1.165) is 0 Å². The molecule has 152 valence electrons. The first-order chi connectivity index (χ1) is 10.3. The Bertz CT molecular complexity index is 406. The number of unbranched alkanes of at least 4 members (excludes halogenated alkanes) is 1. The van der Waals surface area contributed by atoms with Crippen molar-refractivity contribution in [3.05, 3.63) is 0 Å². The van der Waals surface area contributed by atoms with E-state index in [4.69, 9.17) is 4.74 Å². The molecule has 0 unspecified atom stereocenters. The smallest absolute Gasteiger partial charge is 0.453 e. The van der Waals surface area contributed by atoms with E-state index in [9.17, 15) is 31.5 Å². The largest absolute Gasteiger partial charge is 0.466 e. The van der Waals surface area contributed by atoms with Crippen LogP contribution in [0.2, 0.25) is 0 Å². The summed E-state index contributed by atoms with van der Waals surface area (Å²) in [5.74, 6) is -7.12. The lowest BCUT2D eigenvalue weighted by Gasteiger charge is -2.20. The third-order valence-corrected chi connectivity index (χ3v) is 3.25. The number of halogens is 5. The molecule has 0 saturated heterocycles. The predicted octanol–water partition coefficient (Wildman–Crippen LogP) is 5.15. The molecule has 0 fully saturated rings. The Morgan fingerprint density at radius 2 is 1.32 bits per heavy atom. The summed E-state index contributed by atoms with van der Waals surface area (Å²) in [5.41, 5.74) is -0.615. The standard InChI is InChI=1S/C14H21F5O4.2CH4/c1-4-12(2,3)11(21)23-8-6-5-7-22-10(20)9-13(15,16)14(17,18)19;;/h4-9H2,1-3H3;2*1H4. The van der Waals surface area contributed by atoms with E-state index in [0.29, 0.717) is 12.8 Å². The van der Waals surface area contributed by atoms with Gasteiger partial charge >= 0.3 is 24.0 Å². The lowest BCUT2D eigenvalue weighted by molar-refractivity contribution is -0.283. The predicted molar refractivity (Wildman–Crippen MR) is 84.3 cm³/mol. The van der Waals surface area contributed by atoms with Crippen LogP contribution < -0.4 is 0 Å². The highest BCUT2D eigenvalue weighted by Gasteiger charge is 2.58. The molecular formula is C16H29F5O4. The fourth-order valence-corrected chi connectivity index (χ4v) is 1.23. The maximum absolute atomic E-state index is 12.6. The van der Waals surface area contributed by atoms with Gasteiger partial charge in [0.2, 0.25) is 0 Å². The van der Waals surface area contributed by atoms with Crippen molar-refractivity contribution in [1.29, 1.82) is 0 Å². The molecule has 0 aliphatic heterocycles. The number of rotatable bonds is 9. The van der Waals surface area contributed by atoms with Crippen molar-refractivity contribution >= 4 is 11.9 Å². The molecule has 25 heavy (non-hydrogen) atoms. The summed E-state index contributed by atoms with van der Waals surface area (Å²) in [6, 6.07) is 0. The van der Waals surface area contributed by atoms with Crippen LogP contribution in [0.3, 0.4) is 0 Å². The summed E-state index contributed by atoms with van der Waals surface area (Å²) in [7, 11) is 0. The van der Waals surface area contributed by atoms with Crippen LogP contribution in [0.25, 0.3) is 0 Å². The number of ether oxygens (including phenoxy) is 2. The molecule has 0 radical (unpaired) electrons. The second-order valence-electron chi connectivity index (χ2n) is 5.68. The Hall–Kier alpha value is -1.41. The van der Waals surface area contributed by atoms with Crippen LogP contribution in [0.5, 0.6) is 0 Å². The first kappa shape index (κ1) is 28.4. The average Bonchev–Trinajstić information content (AvgIpc) is 2.40. The lowest BCUT2D eigenvalue weighted by atomic mass is 9.91. The minimum atomic E-state index is -5.79. The summed E-state index contributed by atoms with van der Waals surface area (Å²) in [6.45, 7) is 5.01. The van der Waals surface area contributed by atoms with Gasteiger partial charge in [-0.2, -0.15) is 22.0 Å². The maximum Gasteiger partial charge on any atom is 0.453 e. The number of hydrogen-bond acceptors (Lipinski definition) is 4. The van der Waals surface area contributed by atoms with E-state index < -0.39 is 29.9 Å². The number of hydrogen-bond donors (Lipinski definition) is 0. The highest BCUT2D eigenvalue weighted by molar-refractivity contribution is 5.75. The third kappa shape index (κ3) is 10.2. The van der Waals surface area contributed by atoms with Crippen molar-refractivity contribution in [1.82, 2.24) is 0 Å². The summed E-state index contributed by atoms with van der Waals surface area (Å²) < 4.78 is 70.0. The Kier molecular flexibility index (Phi) is 12.8. The quantitative estimate of drug-likeness (QED) is 0.315. The van der Waals surface area contributed by atoms with Gasteiger partial charge in [-0.15, -0.1) is 0 Å². The monoisotopic (exact) mass is 380 g/mol. The second kappa shape index (κ2) is 11.3. The molecule has 0 amide bonds. The van der Waals surface area contributed by atoms with Gasteiger partial charge < -0.3 is 9.47 Å². The number of alkyl halides is 5. The molecule has 0 heterocycles. The number of carbonyl (C=O) groups excluding carboxylic acids is 2. The van der Waals surface area contributed by atoms with E-state index in [1.807, 2.05) is 6.92 Å². The van der Waals surface area contributed by atoms with Gasteiger partial charge in [-0.3, -0.25) is 9.59 Å². The van der Waals surface area contributed by atoms with Gasteiger partial charge in [0, 0.05) is 0 Å².